The molecule has 2 unspecified atom stereocenters. The highest BCUT2D eigenvalue weighted by atomic mass is 35.5. The number of sulfonamides is 1. The summed E-state index contributed by atoms with van der Waals surface area (Å²) >= 11 is 6.22. The van der Waals surface area contributed by atoms with E-state index in [0.29, 0.717) is 72.4 Å². The van der Waals surface area contributed by atoms with E-state index in [0.717, 1.165) is 100 Å². The number of hydrogen-bond donors (Lipinski definition) is 8. The molecule has 11 rings (SSSR count). The quantitative estimate of drug-likeness (QED) is 0.0204. The summed E-state index contributed by atoms with van der Waals surface area (Å²) in [5, 5.41) is 35.9. The van der Waals surface area contributed by atoms with Crippen molar-refractivity contribution in [3.63, 3.8) is 0 Å². The van der Waals surface area contributed by atoms with Gasteiger partial charge in [0.15, 0.2) is 5.69 Å². The largest absolute Gasteiger partial charge is 0.595 e. The molecule has 3 fully saturated rings. The Morgan fingerprint density at radius 3 is 2.52 bits per heavy atom. The number of hydrogen-bond acceptors (Lipinski definition) is 15. The van der Waals surface area contributed by atoms with Gasteiger partial charge in [-0.2, -0.15) is 5.23 Å². The van der Waals surface area contributed by atoms with E-state index in [2.05, 4.69) is 84.7 Å². The highest BCUT2D eigenvalue weighted by molar-refractivity contribution is 7.90. The van der Waals surface area contributed by atoms with Gasteiger partial charge >= 0.3 is 0 Å². The number of piperazine rings is 1. The van der Waals surface area contributed by atoms with Gasteiger partial charge in [0.25, 0.3) is 21.8 Å². The minimum absolute atomic E-state index is 0.0679. The number of carbonyl (C=O) groups excluding carboxylic acids is 4. The fourth-order valence-electron chi connectivity index (χ4n) is 12.8. The molecule has 20 nitrogen and oxygen atoms in total. The lowest BCUT2D eigenvalue weighted by molar-refractivity contribution is -0.990. The molecule has 448 valence electrons. The van der Waals surface area contributed by atoms with Crippen molar-refractivity contribution in [2.24, 2.45) is 11.3 Å². The smallest absolute Gasteiger partial charge is 0.268 e. The van der Waals surface area contributed by atoms with Crippen molar-refractivity contribution in [1.82, 2.24) is 40.0 Å². The molecule has 4 aromatic carbocycles. The minimum Gasteiger partial charge on any atom is -0.595 e. The van der Waals surface area contributed by atoms with E-state index in [4.69, 9.17) is 16.3 Å². The highest BCUT2D eigenvalue weighted by Crippen LogP contribution is 2.43. The number of nitrogens with one attached hydrogen (secondary N) is 7. The Morgan fingerprint density at radius 2 is 1.74 bits per heavy atom. The number of allylic oxidation sites excluding steroid dienone is 1. The summed E-state index contributed by atoms with van der Waals surface area (Å²) in [6, 6.07) is 26.3. The van der Waals surface area contributed by atoms with Gasteiger partial charge in [-0.1, -0.05) is 55.3 Å². The van der Waals surface area contributed by atoms with Crippen LogP contribution in [0, 0.1) is 16.5 Å². The van der Waals surface area contributed by atoms with Crippen molar-refractivity contribution < 1.29 is 42.8 Å². The van der Waals surface area contributed by atoms with Crippen molar-refractivity contribution in [2.45, 2.75) is 115 Å². The van der Waals surface area contributed by atoms with Gasteiger partial charge in [0.1, 0.15) is 23.2 Å². The van der Waals surface area contributed by atoms with Gasteiger partial charge in [0.2, 0.25) is 11.8 Å². The summed E-state index contributed by atoms with van der Waals surface area (Å²) in [7, 11) is -4.59. The molecule has 0 radical (unpaired) electrons. The molecule has 4 amide bonds. The van der Waals surface area contributed by atoms with E-state index >= 15 is 0 Å². The molecule has 0 spiro atoms. The number of anilines is 2. The van der Waals surface area contributed by atoms with Crippen molar-refractivity contribution >= 4 is 78.9 Å². The number of aromatic amines is 1. The van der Waals surface area contributed by atoms with E-state index in [-0.39, 0.29) is 57.2 Å². The molecule has 6 aromatic rings. The Bertz CT molecular complexity index is 3640. The van der Waals surface area contributed by atoms with E-state index in [1.165, 1.54) is 41.1 Å². The van der Waals surface area contributed by atoms with Crippen LogP contribution in [-0.4, -0.2) is 126 Å². The predicted molar refractivity (Wildman–Crippen MR) is 325 cm³/mol. The standard InChI is InChI=1S/C63H74ClN11O9S/c1-39-36-73(27-26-72(39)37-41-6-15-51-45(28-41)38-74(62(51)79)55-18-19-58(76)70-61(55)78)48-12-4-40(5-13-48)33-68-54-17-14-50(31-56(54)75(80)81)85(82,83)71-60(77)52-16-11-47(30-57(52)84-49-29-43-21-23-67-59(43)69-35-49)66-25-24-65-34-44-20-22-63(2,3)32-53(44)42-7-9-46(64)10-8-42/h6-11,14-17,21,23,28-31,35,39-40,48,55,65-66,68,75,80H,4-5,12-13,18-20,22,24-27,32-34,36-38H2,1-3H3,(H,67,69)(H,71,77)(H,70,76,78)/t39-,40-,48+,55?/m1/s1. The van der Waals surface area contributed by atoms with Crippen LogP contribution in [0.2, 0.25) is 5.02 Å². The molecule has 85 heavy (non-hydrogen) atoms. The number of imide groups is 1. The maximum atomic E-state index is 14.1. The van der Waals surface area contributed by atoms with E-state index in [1.807, 2.05) is 30.3 Å². The summed E-state index contributed by atoms with van der Waals surface area (Å²) in [4.78, 5) is 65.3. The SMILES string of the molecule is C[C@@H]1CN([C@H]2CC[C@@H](CNc3ccc(S(=O)(=O)NC(=O)c4ccc(NCCNCC5=C(c6ccc(Cl)cc6)CC(C)(C)CC5)cc4Oc4cnc5[nH]ccc5c4)cc3[NH+]([O-])O)CC2)CCN1Cc1ccc2c(c1)CN(C1CCC(=O)NC1=O)C2=O. The molecule has 22 heteroatoms. The van der Waals surface area contributed by atoms with Crippen LogP contribution in [0.15, 0.2) is 114 Å². The van der Waals surface area contributed by atoms with Crippen molar-refractivity contribution in [2.75, 3.05) is 56.4 Å². The van der Waals surface area contributed by atoms with Gasteiger partial charge < -0.3 is 35.8 Å². The number of quaternary nitrogens is 1. The van der Waals surface area contributed by atoms with Crippen molar-refractivity contribution in [3.8, 4) is 11.5 Å². The average molecular weight is 1200 g/mol. The number of rotatable bonds is 20. The summed E-state index contributed by atoms with van der Waals surface area (Å²) in [5.74, 6) is -1.19. The number of aromatic nitrogens is 2. The first-order valence-corrected chi connectivity index (χ1v) is 31.3. The predicted octanol–water partition coefficient (Wildman–Crippen LogP) is 8.13. The minimum atomic E-state index is -4.59. The van der Waals surface area contributed by atoms with Crippen LogP contribution in [0.25, 0.3) is 16.6 Å². The summed E-state index contributed by atoms with van der Waals surface area (Å²) < 4.78 is 36.4. The lowest BCUT2D eigenvalue weighted by atomic mass is 9.72. The van der Waals surface area contributed by atoms with Crippen molar-refractivity contribution in [3.05, 3.63) is 147 Å². The van der Waals surface area contributed by atoms with Gasteiger partial charge in [0.05, 0.1) is 22.3 Å². The lowest BCUT2D eigenvalue weighted by Gasteiger charge is -2.45. The number of nitrogens with zero attached hydrogens (tertiary/aromatic N) is 4. The molecule has 3 aliphatic heterocycles. The van der Waals surface area contributed by atoms with E-state index in [9.17, 15) is 38.0 Å². The first kappa shape index (κ1) is 59.5. The monoisotopic (exact) mass is 1200 g/mol. The second kappa shape index (κ2) is 25.4. The Hall–Kier alpha value is -7.21. The first-order valence-electron chi connectivity index (χ1n) is 29.4. The molecule has 3 atom stereocenters. The Labute approximate surface area is 500 Å². The van der Waals surface area contributed by atoms with Gasteiger partial charge in [-0.15, -0.1) is 0 Å². The van der Waals surface area contributed by atoms with Gasteiger partial charge in [0, 0.05) is 117 Å². The summed E-state index contributed by atoms with van der Waals surface area (Å²) in [5.41, 5.74) is 8.00. The van der Waals surface area contributed by atoms with Crippen LogP contribution >= 0.6 is 11.6 Å². The lowest BCUT2D eigenvalue weighted by Crippen LogP contribution is -2.99. The molecule has 0 bridgehead atoms. The van der Waals surface area contributed by atoms with Gasteiger partial charge in [-0.3, -0.25) is 34.3 Å². The van der Waals surface area contributed by atoms with Crippen molar-refractivity contribution in [1.29, 1.82) is 0 Å². The highest BCUT2D eigenvalue weighted by Gasteiger charge is 2.40. The molecule has 1 saturated carbocycles. The fraction of sp³-hybridized carbons (Fsp3) is 0.413. The van der Waals surface area contributed by atoms with Crippen LogP contribution in [0.5, 0.6) is 11.5 Å². The fourth-order valence-corrected chi connectivity index (χ4v) is 13.9. The van der Waals surface area contributed by atoms with E-state index in [1.54, 1.807) is 29.3 Å². The summed E-state index contributed by atoms with van der Waals surface area (Å²) in [6.45, 7) is 13.1. The second-order valence-corrected chi connectivity index (χ2v) is 26.3. The zero-order valence-corrected chi connectivity index (χ0v) is 49.7. The number of halogens is 1. The van der Waals surface area contributed by atoms with Gasteiger partial charge in [-0.05, 0) is 146 Å². The van der Waals surface area contributed by atoms with Crippen LogP contribution in [0.4, 0.5) is 17.1 Å². The number of H-pyrrole nitrogens is 1. The number of carbonyl (C=O) groups is 4. The van der Waals surface area contributed by atoms with Crippen LogP contribution < -0.4 is 36.0 Å². The zero-order valence-electron chi connectivity index (χ0n) is 48.1. The van der Waals surface area contributed by atoms with E-state index < -0.39 is 33.1 Å². The third-order valence-corrected chi connectivity index (χ3v) is 19.2. The van der Waals surface area contributed by atoms with Crippen LogP contribution in [-0.2, 0) is 32.7 Å². The number of amides is 4. The number of benzene rings is 4. The molecule has 2 aliphatic carbocycles. The Morgan fingerprint density at radius 1 is 0.929 bits per heavy atom. The number of piperidine rings is 1. The molecule has 8 N–H and O–H groups in total. The Kier molecular flexibility index (Phi) is 17.8. The number of pyridine rings is 1. The van der Waals surface area contributed by atoms with Crippen LogP contribution in [0.3, 0.4) is 0 Å². The number of fused-ring (bicyclic) bond motifs is 2. The molecule has 2 saturated heterocycles. The molecule has 2 aromatic heterocycles. The topological polar surface area (TPSA) is 258 Å². The third kappa shape index (κ3) is 13.9. The van der Waals surface area contributed by atoms with Crippen LogP contribution in [0.1, 0.15) is 116 Å². The zero-order chi connectivity index (χ0) is 59.6. The molecule has 5 aliphatic rings. The maximum absolute atomic E-state index is 14.1. The average Bonchev–Trinajstić information content (AvgIpc) is 2.61. The molecular formula is C63H74ClN11O9S. The third-order valence-electron chi connectivity index (χ3n) is 17.6. The second-order valence-electron chi connectivity index (χ2n) is 24.1. The Balaban J connectivity index is 0.674. The normalized spacial score (nSPS) is 21.6. The molecular weight excluding hydrogens is 1120 g/mol. The summed E-state index contributed by atoms with van der Waals surface area (Å²) in [6.07, 6.45) is 10.8. The first-order chi connectivity index (χ1) is 40.8. The maximum Gasteiger partial charge on any atom is 0.268 e. The van der Waals surface area contributed by atoms with Gasteiger partial charge in [-0.25, -0.2) is 23.3 Å². The number of ether oxygens (including phenoxy) is 1. The molecule has 5 heterocycles.